The van der Waals surface area contributed by atoms with Gasteiger partial charge in [0.2, 0.25) is 0 Å². The molecule has 4 aromatic rings. The number of thiazole rings is 1. The van der Waals surface area contributed by atoms with Crippen molar-refractivity contribution in [2.75, 3.05) is 5.32 Å². The van der Waals surface area contributed by atoms with Crippen LogP contribution in [-0.2, 0) is 9.53 Å². The Morgan fingerprint density at radius 2 is 2.07 bits per heavy atom. The number of hydrogen-bond donors (Lipinski definition) is 2. The van der Waals surface area contributed by atoms with Gasteiger partial charge in [0.05, 0.1) is 28.6 Å². The van der Waals surface area contributed by atoms with Gasteiger partial charge >= 0.3 is 5.97 Å². The van der Waals surface area contributed by atoms with Crippen molar-refractivity contribution in [3.8, 4) is 11.3 Å². The first-order valence-electron chi connectivity index (χ1n) is 8.66. The number of halogens is 1. The van der Waals surface area contributed by atoms with Crippen LogP contribution in [0.2, 0.25) is 5.02 Å². The van der Waals surface area contributed by atoms with E-state index in [4.69, 9.17) is 16.3 Å². The number of nitrogens with zero attached hydrogens (tertiary/aromatic N) is 2. The van der Waals surface area contributed by atoms with E-state index in [-0.39, 0.29) is 0 Å². The molecular weight excluding hydrogens is 412 g/mol. The smallest absolute Gasteiger partial charge is 0.338 e. The highest BCUT2D eigenvalue weighted by atomic mass is 35.5. The SMILES string of the molecule is CC(OC(=O)c1ccc2nc[nH]c2c1)C(=O)Nc1nc(-c2ccccc2Cl)cs1. The molecule has 4 rings (SSSR count). The number of H-pyrrole nitrogens is 1. The molecule has 0 spiro atoms. The molecule has 2 aromatic heterocycles. The molecule has 0 aliphatic carbocycles. The monoisotopic (exact) mass is 426 g/mol. The lowest BCUT2D eigenvalue weighted by atomic mass is 10.2. The minimum atomic E-state index is -0.993. The Hall–Kier alpha value is -3.23. The summed E-state index contributed by atoms with van der Waals surface area (Å²) in [7, 11) is 0. The standard InChI is InChI=1S/C20H15ClN4O3S/c1-11(28-19(27)12-6-7-15-16(8-12)23-10-22-15)18(26)25-20-24-17(9-29-20)13-4-2-3-5-14(13)21/h2-11H,1H3,(H,22,23)(H,24,25,26). The summed E-state index contributed by atoms with van der Waals surface area (Å²) in [5, 5.41) is 5.44. The van der Waals surface area contributed by atoms with Gasteiger partial charge in [0.1, 0.15) is 0 Å². The second-order valence-electron chi connectivity index (χ2n) is 6.19. The van der Waals surface area contributed by atoms with Gasteiger partial charge in [-0.25, -0.2) is 14.8 Å². The molecule has 7 nitrogen and oxygen atoms in total. The van der Waals surface area contributed by atoms with Crippen LogP contribution in [0.3, 0.4) is 0 Å². The van der Waals surface area contributed by atoms with Crippen molar-refractivity contribution in [1.82, 2.24) is 15.0 Å². The van der Waals surface area contributed by atoms with Gasteiger partial charge in [0.15, 0.2) is 11.2 Å². The predicted octanol–water partition coefficient (Wildman–Crippen LogP) is 4.52. The van der Waals surface area contributed by atoms with Gasteiger partial charge in [0, 0.05) is 16.0 Å². The fourth-order valence-corrected chi connectivity index (χ4v) is 3.62. The zero-order chi connectivity index (χ0) is 20.4. The lowest BCUT2D eigenvalue weighted by molar-refractivity contribution is -0.123. The molecular formula is C20H15ClN4O3S. The van der Waals surface area contributed by atoms with E-state index in [1.54, 1.807) is 36.0 Å². The zero-order valence-electron chi connectivity index (χ0n) is 15.2. The summed E-state index contributed by atoms with van der Waals surface area (Å²) in [5.41, 5.74) is 3.22. The van der Waals surface area contributed by atoms with E-state index in [0.717, 1.165) is 11.1 Å². The van der Waals surface area contributed by atoms with E-state index in [0.29, 0.717) is 26.9 Å². The summed E-state index contributed by atoms with van der Waals surface area (Å²) in [4.78, 5) is 36.1. The topological polar surface area (TPSA) is 97.0 Å². The second kappa shape index (κ2) is 8.02. The Balaban J connectivity index is 1.40. The summed E-state index contributed by atoms with van der Waals surface area (Å²) < 4.78 is 5.28. The van der Waals surface area contributed by atoms with Gasteiger partial charge in [-0.05, 0) is 31.2 Å². The average molecular weight is 427 g/mol. The van der Waals surface area contributed by atoms with Gasteiger partial charge in [-0.3, -0.25) is 10.1 Å². The van der Waals surface area contributed by atoms with Crippen LogP contribution in [0.15, 0.2) is 54.2 Å². The largest absolute Gasteiger partial charge is 0.449 e. The van der Waals surface area contributed by atoms with Crippen molar-refractivity contribution in [3.05, 3.63) is 64.8 Å². The number of carbonyl (C=O) groups is 2. The number of benzene rings is 2. The molecule has 1 amide bonds. The van der Waals surface area contributed by atoms with Crippen LogP contribution in [-0.4, -0.2) is 32.9 Å². The molecule has 0 bridgehead atoms. The normalized spacial score (nSPS) is 11.9. The van der Waals surface area contributed by atoms with E-state index >= 15 is 0 Å². The highest BCUT2D eigenvalue weighted by Crippen LogP contribution is 2.30. The highest BCUT2D eigenvalue weighted by Gasteiger charge is 2.21. The minimum Gasteiger partial charge on any atom is -0.449 e. The summed E-state index contributed by atoms with van der Waals surface area (Å²) in [6, 6.07) is 12.3. The molecule has 9 heteroatoms. The second-order valence-corrected chi connectivity index (χ2v) is 7.45. The number of rotatable bonds is 5. The Bertz CT molecular complexity index is 1200. The van der Waals surface area contributed by atoms with E-state index < -0.39 is 18.0 Å². The fraction of sp³-hybridized carbons (Fsp3) is 0.100. The Morgan fingerprint density at radius 3 is 2.90 bits per heavy atom. The summed E-state index contributed by atoms with van der Waals surface area (Å²) in [5.74, 6) is -1.07. The number of anilines is 1. The van der Waals surface area contributed by atoms with Crippen LogP contribution in [0, 0.1) is 0 Å². The number of carbonyl (C=O) groups excluding carboxylic acids is 2. The Labute approximate surface area is 174 Å². The molecule has 2 heterocycles. The number of aromatic nitrogens is 3. The number of amides is 1. The van der Waals surface area contributed by atoms with Crippen LogP contribution in [0.25, 0.3) is 22.3 Å². The number of nitrogens with one attached hydrogen (secondary N) is 2. The summed E-state index contributed by atoms with van der Waals surface area (Å²) in [6.07, 6.45) is 0.549. The van der Waals surface area contributed by atoms with Crippen LogP contribution in [0.4, 0.5) is 5.13 Å². The number of fused-ring (bicyclic) bond motifs is 1. The molecule has 1 unspecified atom stereocenters. The van der Waals surface area contributed by atoms with E-state index in [9.17, 15) is 9.59 Å². The Morgan fingerprint density at radius 1 is 1.24 bits per heavy atom. The maximum absolute atomic E-state index is 12.4. The van der Waals surface area contributed by atoms with Crippen molar-refractivity contribution in [1.29, 1.82) is 0 Å². The minimum absolute atomic E-state index is 0.330. The quantitative estimate of drug-likeness (QED) is 0.457. The molecule has 0 fully saturated rings. The molecule has 0 saturated heterocycles. The molecule has 1 atom stereocenters. The molecule has 0 saturated carbocycles. The first-order chi connectivity index (χ1) is 14.0. The lowest BCUT2D eigenvalue weighted by Crippen LogP contribution is -2.29. The molecule has 0 radical (unpaired) electrons. The molecule has 0 aliphatic heterocycles. The van der Waals surface area contributed by atoms with E-state index in [1.807, 2.05) is 18.2 Å². The molecule has 0 aliphatic rings. The molecule has 29 heavy (non-hydrogen) atoms. The van der Waals surface area contributed by atoms with Crippen LogP contribution in [0.5, 0.6) is 0 Å². The summed E-state index contributed by atoms with van der Waals surface area (Å²) in [6.45, 7) is 1.50. The van der Waals surface area contributed by atoms with Crippen LogP contribution >= 0.6 is 22.9 Å². The predicted molar refractivity (Wildman–Crippen MR) is 112 cm³/mol. The van der Waals surface area contributed by atoms with Crippen LogP contribution in [0.1, 0.15) is 17.3 Å². The first-order valence-corrected chi connectivity index (χ1v) is 9.92. The fourth-order valence-electron chi connectivity index (χ4n) is 2.68. The lowest BCUT2D eigenvalue weighted by Gasteiger charge is -2.12. The van der Waals surface area contributed by atoms with Gasteiger partial charge in [-0.1, -0.05) is 29.8 Å². The maximum atomic E-state index is 12.4. The average Bonchev–Trinajstić information content (AvgIpc) is 3.37. The number of imidazole rings is 1. The first kappa shape index (κ1) is 19.1. The third-order valence-corrected chi connectivity index (χ3v) is 5.28. The van der Waals surface area contributed by atoms with Gasteiger partial charge in [-0.2, -0.15) is 0 Å². The third kappa shape index (κ3) is 4.13. The highest BCUT2D eigenvalue weighted by molar-refractivity contribution is 7.14. The van der Waals surface area contributed by atoms with Crippen molar-refractivity contribution < 1.29 is 14.3 Å². The van der Waals surface area contributed by atoms with E-state index in [1.165, 1.54) is 18.3 Å². The van der Waals surface area contributed by atoms with Crippen LogP contribution < -0.4 is 5.32 Å². The third-order valence-electron chi connectivity index (χ3n) is 4.19. The molecule has 146 valence electrons. The zero-order valence-corrected chi connectivity index (χ0v) is 16.8. The maximum Gasteiger partial charge on any atom is 0.338 e. The summed E-state index contributed by atoms with van der Waals surface area (Å²) >= 11 is 7.45. The van der Waals surface area contributed by atoms with Gasteiger partial charge in [0.25, 0.3) is 5.91 Å². The number of aromatic amines is 1. The molecule has 2 aromatic carbocycles. The van der Waals surface area contributed by atoms with Crippen molar-refractivity contribution in [2.45, 2.75) is 13.0 Å². The number of esters is 1. The number of ether oxygens (including phenoxy) is 1. The molecule has 2 N–H and O–H groups in total. The van der Waals surface area contributed by atoms with E-state index in [2.05, 4.69) is 20.3 Å². The van der Waals surface area contributed by atoms with Gasteiger partial charge in [-0.15, -0.1) is 11.3 Å². The van der Waals surface area contributed by atoms with Crippen molar-refractivity contribution in [3.63, 3.8) is 0 Å². The number of hydrogen-bond acceptors (Lipinski definition) is 6. The Kier molecular flexibility index (Phi) is 5.28. The van der Waals surface area contributed by atoms with Crippen molar-refractivity contribution in [2.24, 2.45) is 0 Å². The van der Waals surface area contributed by atoms with Gasteiger partial charge < -0.3 is 9.72 Å². The van der Waals surface area contributed by atoms with Crippen molar-refractivity contribution >= 4 is 51.0 Å².